The normalized spacial score (nSPS) is 17.3. The first kappa shape index (κ1) is 26.3. The van der Waals surface area contributed by atoms with Gasteiger partial charge in [-0.05, 0) is 56.3 Å². The van der Waals surface area contributed by atoms with Gasteiger partial charge in [-0.1, -0.05) is 39.0 Å². The molecule has 1 N–H and O–H groups in total. The predicted octanol–water partition coefficient (Wildman–Crippen LogP) is 4.56. The van der Waals surface area contributed by atoms with Crippen LogP contribution in [-0.4, -0.2) is 66.5 Å². The number of hydrogen-bond donors (Lipinski definition) is 1. The third-order valence-electron chi connectivity index (χ3n) is 6.44. The molecule has 0 spiro atoms. The zero-order valence-electron chi connectivity index (χ0n) is 21.3. The number of ketones is 1. The third kappa shape index (κ3) is 5.51. The molecule has 0 radical (unpaired) electrons. The summed E-state index contributed by atoms with van der Waals surface area (Å²) in [5.74, 6) is -0.229. The molecular weight excluding hydrogens is 444 g/mol. The standard InChI is InChI=1S/C28H36N2O5/c1-6-17-35-22-14-13-20(18-19(22)4)26(31)24-25(21-11-9-10-12-23(21)34-5)30(28(33)27(24)32)16-15-29(7-2)8-3/h9-14,18,25,31H,6-8,15-17H2,1-5H3/b26-24+. The number of carbonyl (C=O) groups is 2. The van der Waals surface area contributed by atoms with Gasteiger partial charge in [0.05, 0.1) is 25.3 Å². The average molecular weight is 481 g/mol. The van der Waals surface area contributed by atoms with Gasteiger partial charge in [0.15, 0.2) is 0 Å². The Morgan fingerprint density at radius 2 is 1.77 bits per heavy atom. The van der Waals surface area contributed by atoms with Gasteiger partial charge in [-0.15, -0.1) is 0 Å². The lowest BCUT2D eigenvalue weighted by Gasteiger charge is -2.29. The van der Waals surface area contributed by atoms with E-state index in [2.05, 4.69) is 18.7 Å². The first-order valence-corrected chi connectivity index (χ1v) is 12.2. The lowest BCUT2D eigenvalue weighted by Crippen LogP contribution is -2.38. The Balaban J connectivity index is 2.11. The number of aryl methyl sites for hydroxylation is 1. The fourth-order valence-corrected chi connectivity index (χ4v) is 4.44. The van der Waals surface area contributed by atoms with Gasteiger partial charge >= 0.3 is 0 Å². The van der Waals surface area contributed by atoms with Crippen molar-refractivity contribution in [1.82, 2.24) is 9.80 Å². The summed E-state index contributed by atoms with van der Waals surface area (Å²) in [6.45, 7) is 11.3. The smallest absolute Gasteiger partial charge is 0.295 e. The Morgan fingerprint density at radius 1 is 1.06 bits per heavy atom. The van der Waals surface area contributed by atoms with Gasteiger partial charge in [-0.2, -0.15) is 0 Å². The lowest BCUT2D eigenvalue weighted by molar-refractivity contribution is -0.140. The number of likely N-dealkylation sites (N-methyl/N-ethyl adjacent to an activating group) is 1. The summed E-state index contributed by atoms with van der Waals surface area (Å²) in [7, 11) is 1.55. The maximum atomic E-state index is 13.3. The van der Waals surface area contributed by atoms with Crippen molar-refractivity contribution in [3.05, 3.63) is 64.7 Å². The number of carbonyl (C=O) groups excluding carboxylic acids is 2. The minimum Gasteiger partial charge on any atom is -0.507 e. The summed E-state index contributed by atoms with van der Waals surface area (Å²) < 4.78 is 11.3. The second-order valence-corrected chi connectivity index (χ2v) is 8.59. The van der Waals surface area contributed by atoms with Crippen LogP contribution < -0.4 is 9.47 Å². The number of aliphatic hydroxyl groups excluding tert-OH is 1. The zero-order chi connectivity index (χ0) is 25.5. The molecule has 7 nitrogen and oxygen atoms in total. The first-order valence-electron chi connectivity index (χ1n) is 12.2. The molecule has 1 fully saturated rings. The molecule has 1 heterocycles. The van der Waals surface area contributed by atoms with Crippen LogP contribution in [0.5, 0.6) is 11.5 Å². The van der Waals surface area contributed by atoms with E-state index in [1.807, 2.05) is 32.0 Å². The molecule has 1 atom stereocenters. The molecule has 0 bridgehead atoms. The number of hydrogen-bond acceptors (Lipinski definition) is 6. The van der Waals surface area contributed by atoms with Crippen LogP contribution >= 0.6 is 0 Å². The zero-order valence-corrected chi connectivity index (χ0v) is 21.3. The van der Waals surface area contributed by atoms with Gasteiger partial charge in [0.25, 0.3) is 11.7 Å². The Labute approximate surface area is 207 Å². The molecule has 1 aliphatic rings. The number of rotatable bonds is 11. The van der Waals surface area contributed by atoms with Gasteiger partial charge in [-0.3, -0.25) is 9.59 Å². The van der Waals surface area contributed by atoms with Crippen molar-refractivity contribution >= 4 is 17.4 Å². The molecule has 1 saturated heterocycles. The first-order chi connectivity index (χ1) is 16.9. The molecule has 2 aromatic carbocycles. The van der Waals surface area contributed by atoms with Crippen molar-refractivity contribution in [3.8, 4) is 11.5 Å². The van der Waals surface area contributed by atoms with E-state index in [0.29, 0.717) is 36.6 Å². The summed E-state index contributed by atoms with van der Waals surface area (Å²) in [6, 6.07) is 11.8. The molecule has 0 aliphatic carbocycles. The van der Waals surface area contributed by atoms with E-state index in [1.54, 1.807) is 36.3 Å². The maximum absolute atomic E-state index is 13.3. The van der Waals surface area contributed by atoms with E-state index >= 15 is 0 Å². The Bertz CT molecular complexity index is 1090. The Hall–Kier alpha value is -3.32. The molecule has 188 valence electrons. The van der Waals surface area contributed by atoms with Gasteiger partial charge in [0, 0.05) is 24.2 Å². The van der Waals surface area contributed by atoms with Crippen molar-refractivity contribution in [2.24, 2.45) is 0 Å². The van der Waals surface area contributed by atoms with Crippen molar-refractivity contribution in [2.75, 3.05) is 39.9 Å². The monoisotopic (exact) mass is 480 g/mol. The number of amides is 1. The molecule has 0 aromatic heterocycles. The average Bonchev–Trinajstić information content (AvgIpc) is 3.12. The van der Waals surface area contributed by atoms with Crippen molar-refractivity contribution in [1.29, 1.82) is 0 Å². The van der Waals surface area contributed by atoms with E-state index in [9.17, 15) is 14.7 Å². The molecule has 0 saturated carbocycles. The van der Waals surface area contributed by atoms with Gasteiger partial charge in [-0.25, -0.2) is 0 Å². The highest BCUT2D eigenvalue weighted by Gasteiger charge is 2.46. The summed E-state index contributed by atoms with van der Waals surface area (Å²) in [4.78, 5) is 30.3. The molecule has 1 unspecified atom stereocenters. The summed E-state index contributed by atoms with van der Waals surface area (Å²) in [5.41, 5.74) is 2.04. The number of likely N-dealkylation sites (tertiary alicyclic amines) is 1. The summed E-state index contributed by atoms with van der Waals surface area (Å²) in [5, 5.41) is 11.4. The van der Waals surface area contributed by atoms with Crippen LogP contribution in [0.15, 0.2) is 48.0 Å². The minimum atomic E-state index is -0.752. The second kappa shape index (κ2) is 11.9. The Morgan fingerprint density at radius 3 is 2.40 bits per heavy atom. The Kier molecular flexibility index (Phi) is 8.93. The van der Waals surface area contributed by atoms with Crippen LogP contribution in [0.3, 0.4) is 0 Å². The molecule has 35 heavy (non-hydrogen) atoms. The van der Waals surface area contributed by atoms with Gasteiger partial charge in [0.1, 0.15) is 17.3 Å². The number of Topliss-reactive ketones (excluding diaryl/α,β-unsaturated/α-hetero) is 1. The second-order valence-electron chi connectivity index (χ2n) is 8.59. The van der Waals surface area contributed by atoms with Gasteiger partial charge < -0.3 is 24.4 Å². The number of nitrogens with zero attached hydrogens (tertiary/aromatic N) is 2. The summed E-state index contributed by atoms with van der Waals surface area (Å²) >= 11 is 0. The summed E-state index contributed by atoms with van der Waals surface area (Å²) in [6.07, 6.45) is 0.886. The van der Waals surface area contributed by atoms with Crippen molar-refractivity contribution < 1.29 is 24.2 Å². The maximum Gasteiger partial charge on any atom is 0.295 e. The van der Waals surface area contributed by atoms with E-state index in [-0.39, 0.29) is 11.3 Å². The number of methoxy groups -OCH3 is 1. The van der Waals surface area contributed by atoms with Gasteiger partial charge in [0.2, 0.25) is 0 Å². The molecule has 3 rings (SSSR count). The van der Waals surface area contributed by atoms with Crippen molar-refractivity contribution in [2.45, 2.75) is 40.2 Å². The fraction of sp³-hybridized carbons (Fsp3) is 0.429. The van der Waals surface area contributed by atoms with Crippen molar-refractivity contribution in [3.63, 3.8) is 0 Å². The van der Waals surface area contributed by atoms with Crippen LogP contribution in [0.25, 0.3) is 5.76 Å². The van der Waals surface area contributed by atoms with Crippen LogP contribution in [0, 0.1) is 6.92 Å². The number of benzene rings is 2. The molecule has 7 heteroatoms. The van der Waals surface area contributed by atoms with E-state index in [0.717, 1.165) is 30.8 Å². The molecule has 2 aromatic rings. The van der Waals surface area contributed by atoms with E-state index < -0.39 is 17.7 Å². The van der Waals surface area contributed by atoms with Crippen LogP contribution in [0.1, 0.15) is 49.9 Å². The predicted molar refractivity (Wildman–Crippen MR) is 137 cm³/mol. The highest BCUT2D eigenvalue weighted by molar-refractivity contribution is 6.46. The highest BCUT2D eigenvalue weighted by atomic mass is 16.5. The quantitative estimate of drug-likeness (QED) is 0.289. The number of aliphatic hydroxyl groups is 1. The highest BCUT2D eigenvalue weighted by Crippen LogP contribution is 2.42. The topological polar surface area (TPSA) is 79.3 Å². The number of para-hydroxylation sites is 1. The van der Waals surface area contributed by atoms with E-state index in [1.165, 1.54) is 0 Å². The molecule has 1 aliphatic heterocycles. The largest absolute Gasteiger partial charge is 0.507 e. The fourth-order valence-electron chi connectivity index (χ4n) is 4.44. The third-order valence-corrected chi connectivity index (χ3v) is 6.44. The molecular formula is C28H36N2O5. The van der Waals surface area contributed by atoms with Crippen LogP contribution in [0.2, 0.25) is 0 Å². The minimum absolute atomic E-state index is 0.0701. The van der Waals surface area contributed by atoms with E-state index in [4.69, 9.17) is 9.47 Å². The lowest BCUT2D eigenvalue weighted by atomic mass is 9.94. The number of ether oxygens (including phenoxy) is 2. The molecule has 1 amide bonds. The van der Waals surface area contributed by atoms with Crippen LogP contribution in [0.4, 0.5) is 0 Å². The van der Waals surface area contributed by atoms with Crippen LogP contribution in [-0.2, 0) is 9.59 Å². The SMILES string of the molecule is CCCOc1ccc(/C(O)=C2\C(=O)C(=O)N(CCN(CC)CC)C2c2ccccc2OC)cc1C.